The molecule has 3 rings (SSSR count). The Bertz CT molecular complexity index is 578. The minimum absolute atomic E-state index is 0.0838. The predicted octanol–water partition coefficient (Wildman–Crippen LogP) is 3.42. The molecule has 4 heteroatoms. The normalized spacial score (nSPS) is 24.6. The first-order chi connectivity index (χ1) is 8.68. The first-order valence-electron chi connectivity index (χ1n) is 6.24. The Labute approximate surface area is 104 Å². The monoisotopic (exact) mass is 251 g/mol. The van der Waals surface area contributed by atoms with Crippen molar-refractivity contribution in [3.05, 3.63) is 35.6 Å². The lowest BCUT2D eigenvalue weighted by molar-refractivity contribution is 0.340. The average molecular weight is 251 g/mol. The van der Waals surface area contributed by atoms with Gasteiger partial charge in [0, 0.05) is 11.6 Å². The molecule has 2 heterocycles. The van der Waals surface area contributed by atoms with Gasteiger partial charge < -0.3 is 9.73 Å². The van der Waals surface area contributed by atoms with Crippen LogP contribution in [-0.2, 0) is 0 Å². The minimum atomic E-state index is -0.554. The standard InChI is InChI=1S/C14H15F2NO/c1-8-7-17-4-2-9(8)13-12(16)6-11(15)10-3-5-18-14(10)13/h3,5-6,8-9,17H,2,4,7H2,1H3/t8-,9+/m1/s1. The highest BCUT2D eigenvalue weighted by Gasteiger charge is 2.29. The fraction of sp³-hybridized carbons (Fsp3) is 0.429. The zero-order valence-corrected chi connectivity index (χ0v) is 10.2. The van der Waals surface area contributed by atoms with Crippen LogP contribution >= 0.6 is 0 Å². The molecular formula is C14H15F2NO. The van der Waals surface area contributed by atoms with Gasteiger partial charge in [-0.3, -0.25) is 0 Å². The van der Waals surface area contributed by atoms with Crippen molar-refractivity contribution in [2.45, 2.75) is 19.3 Å². The van der Waals surface area contributed by atoms with Crippen LogP contribution in [-0.4, -0.2) is 13.1 Å². The molecule has 1 aromatic heterocycles. The third-order valence-electron chi connectivity index (χ3n) is 3.83. The first kappa shape index (κ1) is 11.7. The summed E-state index contributed by atoms with van der Waals surface area (Å²) in [5.41, 5.74) is 0.900. The zero-order chi connectivity index (χ0) is 12.7. The van der Waals surface area contributed by atoms with Crippen LogP contribution in [0.25, 0.3) is 11.0 Å². The fourth-order valence-electron chi connectivity index (χ4n) is 2.87. The van der Waals surface area contributed by atoms with Crippen molar-refractivity contribution in [2.75, 3.05) is 13.1 Å². The molecule has 0 spiro atoms. The highest BCUT2D eigenvalue weighted by Crippen LogP contribution is 2.37. The van der Waals surface area contributed by atoms with Crippen molar-refractivity contribution in [3.8, 4) is 0 Å². The second kappa shape index (κ2) is 4.35. The van der Waals surface area contributed by atoms with Crippen molar-refractivity contribution >= 4 is 11.0 Å². The SMILES string of the molecule is C[C@@H]1CNCC[C@@H]1c1c(F)cc(F)c2ccoc12. The molecule has 1 aliphatic rings. The van der Waals surface area contributed by atoms with Crippen LogP contribution in [0.1, 0.15) is 24.8 Å². The van der Waals surface area contributed by atoms with E-state index < -0.39 is 11.6 Å². The van der Waals surface area contributed by atoms with Crippen molar-refractivity contribution in [1.82, 2.24) is 5.32 Å². The maximum Gasteiger partial charge on any atom is 0.143 e. The molecule has 2 atom stereocenters. The highest BCUT2D eigenvalue weighted by molar-refractivity contribution is 5.81. The first-order valence-corrected chi connectivity index (χ1v) is 6.24. The average Bonchev–Trinajstić information content (AvgIpc) is 2.81. The van der Waals surface area contributed by atoms with Crippen molar-refractivity contribution in [3.63, 3.8) is 0 Å². The Morgan fingerprint density at radius 2 is 2.17 bits per heavy atom. The van der Waals surface area contributed by atoms with E-state index in [1.807, 2.05) is 0 Å². The summed E-state index contributed by atoms with van der Waals surface area (Å²) in [6.45, 7) is 3.78. The molecule has 1 N–H and O–H groups in total. The van der Waals surface area contributed by atoms with Gasteiger partial charge in [0.25, 0.3) is 0 Å². The van der Waals surface area contributed by atoms with Gasteiger partial charge in [0.2, 0.25) is 0 Å². The second-order valence-corrected chi connectivity index (χ2v) is 4.99. The van der Waals surface area contributed by atoms with E-state index in [4.69, 9.17) is 4.42 Å². The van der Waals surface area contributed by atoms with Gasteiger partial charge >= 0.3 is 0 Å². The number of rotatable bonds is 1. The molecule has 0 bridgehead atoms. The fourth-order valence-corrected chi connectivity index (χ4v) is 2.87. The van der Waals surface area contributed by atoms with E-state index in [1.54, 1.807) is 6.07 Å². The van der Waals surface area contributed by atoms with Gasteiger partial charge in [-0.2, -0.15) is 0 Å². The van der Waals surface area contributed by atoms with Crippen LogP contribution in [0.5, 0.6) is 0 Å². The van der Waals surface area contributed by atoms with E-state index in [-0.39, 0.29) is 5.92 Å². The van der Waals surface area contributed by atoms with Crippen LogP contribution in [0.4, 0.5) is 8.78 Å². The summed E-state index contributed by atoms with van der Waals surface area (Å²) in [6, 6.07) is 2.53. The van der Waals surface area contributed by atoms with Gasteiger partial charge in [0.05, 0.1) is 11.6 Å². The third-order valence-corrected chi connectivity index (χ3v) is 3.83. The van der Waals surface area contributed by atoms with Crippen LogP contribution < -0.4 is 5.32 Å². The van der Waals surface area contributed by atoms with Gasteiger partial charge in [-0.15, -0.1) is 0 Å². The number of hydrogen-bond donors (Lipinski definition) is 1. The topological polar surface area (TPSA) is 25.2 Å². The quantitative estimate of drug-likeness (QED) is 0.840. The summed E-state index contributed by atoms with van der Waals surface area (Å²) in [5, 5.41) is 3.65. The predicted molar refractivity (Wildman–Crippen MR) is 65.5 cm³/mol. The van der Waals surface area contributed by atoms with Crippen molar-refractivity contribution < 1.29 is 13.2 Å². The maximum atomic E-state index is 14.1. The van der Waals surface area contributed by atoms with E-state index in [9.17, 15) is 8.78 Å². The van der Waals surface area contributed by atoms with Crippen LogP contribution in [0.2, 0.25) is 0 Å². The summed E-state index contributed by atoms with van der Waals surface area (Å²) < 4.78 is 33.0. The Morgan fingerprint density at radius 1 is 1.33 bits per heavy atom. The number of fused-ring (bicyclic) bond motifs is 1. The molecule has 96 valence electrons. The lowest BCUT2D eigenvalue weighted by atomic mass is 9.81. The largest absolute Gasteiger partial charge is 0.464 e. The van der Waals surface area contributed by atoms with E-state index in [2.05, 4.69) is 12.2 Å². The highest BCUT2D eigenvalue weighted by atomic mass is 19.1. The molecular weight excluding hydrogens is 236 g/mol. The van der Waals surface area contributed by atoms with E-state index >= 15 is 0 Å². The molecule has 0 saturated carbocycles. The smallest absolute Gasteiger partial charge is 0.143 e. The number of hydrogen-bond acceptors (Lipinski definition) is 2. The Kier molecular flexibility index (Phi) is 2.82. The lowest BCUT2D eigenvalue weighted by Gasteiger charge is -2.30. The summed E-state index contributed by atoms with van der Waals surface area (Å²) in [7, 11) is 0. The van der Waals surface area contributed by atoms with E-state index in [0.717, 1.165) is 25.6 Å². The summed E-state index contributed by atoms with van der Waals surface area (Å²) >= 11 is 0. The van der Waals surface area contributed by atoms with Gasteiger partial charge in [0.15, 0.2) is 0 Å². The maximum absolute atomic E-state index is 14.1. The third kappa shape index (κ3) is 1.72. The molecule has 0 unspecified atom stereocenters. The van der Waals surface area contributed by atoms with Gasteiger partial charge in [-0.1, -0.05) is 6.92 Å². The van der Waals surface area contributed by atoms with E-state index in [0.29, 0.717) is 22.5 Å². The molecule has 1 saturated heterocycles. The van der Waals surface area contributed by atoms with Crippen LogP contribution in [0.3, 0.4) is 0 Å². The van der Waals surface area contributed by atoms with Gasteiger partial charge in [0.1, 0.15) is 17.2 Å². The molecule has 0 amide bonds. The summed E-state index contributed by atoms with van der Waals surface area (Å²) in [4.78, 5) is 0. The second-order valence-electron chi connectivity index (χ2n) is 4.99. The molecule has 0 aliphatic carbocycles. The van der Waals surface area contributed by atoms with Crippen molar-refractivity contribution in [1.29, 1.82) is 0 Å². The number of piperidine rings is 1. The zero-order valence-electron chi connectivity index (χ0n) is 10.2. The summed E-state index contributed by atoms with van der Waals surface area (Å²) in [5.74, 6) is -0.650. The van der Waals surface area contributed by atoms with E-state index in [1.165, 1.54) is 6.26 Å². The molecule has 2 aromatic rings. The molecule has 2 nitrogen and oxygen atoms in total. The number of halogens is 2. The molecule has 0 radical (unpaired) electrons. The molecule has 1 fully saturated rings. The van der Waals surface area contributed by atoms with Crippen LogP contribution in [0.15, 0.2) is 22.8 Å². The molecule has 1 aliphatic heterocycles. The number of furan rings is 1. The molecule has 1 aromatic carbocycles. The van der Waals surface area contributed by atoms with Crippen molar-refractivity contribution in [2.24, 2.45) is 5.92 Å². The Hall–Kier alpha value is -1.42. The van der Waals surface area contributed by atoms with Crippen LogP contribution in [0, 0.1) is 17.6 Å². The molecule has 18 heavy (non-hydrogen) atoms. The van der Waals surface area contributed by atoms with Gasteiger partial charge in [-0.25, -0.2) is 8.78 Å². The number of benzene rings is 1. The Balaban J connectivity index is 2.18. The summed E-state index contributed by atoms with van der Waals surface area (Å²) in [6.07, 6.45) is 2.27. The number of nitrogens with one attached hydrogen (secondary N) is 1. The van der Waals surface area contributed by atoms with Gasteiger partial charge in [-0.05, 0) is 37.4 Å². The lowest BCUT2D eigenvalue weighted by Crippen LogP contribution is -2.34. The minimum Gasteiger partial charge on any atom is -0.464 e. The Morgan fingerprint density at radius 3 is 2.94 bits per heavy atom.